The summed E-state index contributed by atoms with van der Waals surface area (Å²) in [6.45, 7) is 0. The first kappa shape index (κ1) is 18.3. The van der Waals surface area contributed by atoms with Gasteiger partial charge in [-0.15, -0.1) is 0 Å². The van der Waals surface area contributed by atoms with E-state index in [4.69, 9.17) is 32.4 Å². The van der Waals surface area contributed by atoms with Crippen LogP contribution in [0, 0.1) is 0 Å². The molecule has 4 rings (SSSR count). The number of hydrogen-bond acceptors (Lipinski definition) is 4. The maximum atomic E-state index is 13.0. The van der Waals surface area contributed by atoms with Gasteiger partial charge < -0.3 is 9.15 Å². The molecular weight excluding hydrogens is 399 g/mol. The summed E-state index contributed by atoms with van der Waals surface area (Å²) in [5, 5.41) is 0.827. The van der Waals surface area contributed by atoms with Crippen LogP contribution in [-0.2, 0) is 0 Å². The molecule has 138 valence electrons. The molecule has 0 saturated heterocycles. The lowest BCUT2D eigenvalue weighted by Crippen LogP contribution is -2.16. The molecule has 0 bridgehead atoms. The summed E-state index contributed by atoms with van der Waals surface area (Å²) in [6.07, 6.45) is 0. The molecule has 6 heteroatoms. The van der Waals surface area contributed by atoms with Crippen molar-refractivity contribution in [2.75, 3.05) is 0 Å². The molecule has 0 radical (unpaired) electrons. The Kier molecular flexibility index (Phi) is 4.90. The number of ether oxygens (including phenoxy) is 1. The highest BCUT2D eigenvalue weighted by Gasteiger charge is 2.22. The van der Waals surface area contributed by atoms with Gasteiger partial charge in [0.15, 0.2) is 5.76 Å². The van der Waals surface area contributed by atoms with Crippen LogP contribution >= 0.6 is 23.2 Å². The first-order chi connectivity index (χ1) is 13.5. The highest BCUT2D eigenvalue weighted by atomic mass is 35.5. The molecule has 1 heterocycles. The molecule has 4 aromatic rings. The van der Waals surface area contributed by atoms with Crippen molar-refractivity contribution in [1.29, 1.82) is 0 Å². The van der Waals surface area contributed by atoms with E-state index in [1.54, 1.807) is 48.5 Å². The first-order valence-electron chi connectivity index (χ1n) is 8.33. The highest BCUT2D eigenvalue weighted by molar-refractivity contribution is 6.36. The molecule has 28 heavy (non-hydrogen) atoms. The third-order valence-electron chi connectivity index (χ3n) is 4.14. The van der Waals surface area contributed by atoms with Gasteiger partial charge >= 0.3 is 5.97 Å². The zero-order valence-corrected chi connectivity index (χ0v) is 15.8. The quantitative estimate of drug-likeness (QED) is 0.389. The Hall–Kier alpha value is -3.08. The number of carbonyl (C=O) groups is 1. The average Bonchev–Trinajstić information content (AvgIpc) is 2.70. The lowest BCUT2D eigenvalue weighted by Gasteiger charge is -2.11. The second kappa shape index (κ2) is 7.50. The Bertz CT molecular complexity index is 1250. The van der Waals surface area contributed by atoms with E-state index < -0.39 is 11.4 Å². The Morgan fingerprint density at radius 2 is 1.61 bits per heavy atom. The number of halogens is 2. The smallest absolute Gasteiger partial charge is 0.345 e. The molecule has 0 spiro atoms. The Balaban J connectivity index is 1.88. The van der Waals surface area contributed by atoms with Crippen LogP contribution in [0.2, 0.25) is 10.0 Å². The van der Waals surface area contributed by atoms with E-state index >= 15 is 0 Å². The van der Waals surface area contributed by atoms with E-state index in [0.29, 0.717) is 21.6 Å². The van der Waals surface area contributed by atoms with Crippen LogP contribution in [0.5, 0.6) is 5.75 Å². The summed E-state index contributed by atoms with van der Waals surface area (Å²) in [7, 11) is 0. The van der Waals surface area contributed by atoms with Crippen molar-refractivity contribution in [3.8, 4) is 17.1 Å². The first-order valence-corrected chi connectivity index (χ1v) is 9.08. The SMILES string of the molecule is O=C(Oc1c(-c2ccccc2)oc2ccccc2c1=O)c1ccc(Cl)cc1Cl. The number of para-hydroxylation sites is 1. The van der Waals surface area contributed by atoms with Crippen molar-refractivity contribution >= 4 is 40.1 Å². The van der Waals surface area contributed by atoms with Crippen molar-refractivity contribution in [3.05, 3.63) is 98.6 Å². The van der Waals surface area contributed by atoms with Crippen molar-refractivity contribution in [1.82, 2.24) is 0 Å². The molecule has 3 aromatic carbocycles. The number of rotatable bonds is 3. The molecule has 0 N–H and O–H groups in total. The normalized spacial score (nSPS) is 10.8. The topological polar surface area (TPSA) is 56.5 Å². The fourth-order valence-corrected chi connectivity index (χ4v) is 3.29. The third-order valence-corrected chi connectivity index (χ3v) is 4.69. The number of carbonyl (C=O) groups excluding carboxylic acids is 1. The molecule has 0 amide bonds. The van der Waals surface area contributed by atoms with Gasteiger partial charge in [-0.3, -0.25) is 4.79 Å². The molecule has 4 nitrogen and oxygen atoms in total. The number of benzene rings is 3. The summed E-state index contributed by atoms with van der Waals surface area (Å²) in [5.74, 6) is -0.801. The van der Waals surface area contributed by atoms with Crippen LogP contribution in [0.15, 0.2) is 82.0 Å². The molecule has 0 fully saturated rings. The minimum absolute atomic E-state index is 0.0950. The van der Waals surface area contributed by atoms with Crippen LogP contribution in [0.25, 0.3) is 22.3 Å². The van der Waals surface area contributed by atoms with E-state index in [2.05, 4.69) is 0 Å². The van der Waals surface area contributed by atoms with Crippen molar-refractivity contribution in [3.63, 3.8) is 0 Å². The summed E-state index contributed by atoms with van der Waals surface area (Å²) < 4.78 is 11.4. The van der Waals surface area contributed by atoms with E-state index in [1.165, 1.54) is 18.2 Å². The lowest BCUT2D eigenvalue weighted by atomic mass is 10.1. The Morgan fingerprint density at radius 3 is 2.36 bits per heavy atom. The van der Waals surface area contributed by atoms with Gasteiger partial charge in [-0.1, -0.05) is 65.7 Å². The summed E-state index contributed by atoms with van der Waals surface area (Å²) >= 11 is 12.0. The van der Waals surface area contributed by atoms with Crippen LogP contribution in [-0.4, -0.2) is 5.97 Å². The van der Waals surface area contributed by atoms with Gasteiger partial charge in [-0.2, -0.15) is 0 Å². The van der Waals surface area contributed by atoms with E-state index in [9.17, 15) is 9.59 Å². The molecular formula is C22H12Cl2O4. The summed E-state index contributed by atoms with van der Waals surface area (Å²) in [6, 6.07) is 20.1. The predicted octanol–water partition coefficient (Wildman–Crippen LogP) is 5.99. The zero-order valence-electron chi connectivity index (χ0n) is 14.3. The molecule has 0 atom stereocenters. The minimum atomic E-state index is -0.776. The molecule has 0 aliphatic heterocycles. The average molecular weight is 411 g/mol. The minimum Gasteiger partial charge on any atom is -0.452 e. The molecule has 0 aliphatic rings. The maximum absolute atomic E-state index is 13.0. The highest BCUT2D eigenvalue weighted by Crippen LogP contribution is 2.32. The van der Waals surface area contributed by atoms with Gasteiger partial charge in [0, 0.05) is 10.6 Å². The predicted molar refractivity (Wildman–Crippen MR) is 109 cm³/mol. The Morgan fingerprint density at radius 1 is 0.893 bits per heavy atom. The second-order valence-corrected chi connectivity index (χ2v) is 6.81. The van der Waals surface area contributed by atoms with Gasteiger partial charge in [-0.05, 0) is 30.3 Å². The van der Waals surface area contributed by atoms with Crippen LogP contribution in [0.1, 0.15) is 10.4 Å². The molecule has 0 saturated carbocycles. The monoisotopic (exact) mass is 410 g/mol. The molecule has 0 aliphatic carbocycles. The van der Waals surface area contributed by atoms with Gasteiger partial charge in [0.25, 0.3) is 0 Å². The van der Waals surface area contributed by atoms with Crippen molar-refractivity contribution < 1.29 is 13.9 Å². The fraction of sp³-hybridized carbons (Fsp3) is 0. The van der Waals surface area contributed by atoms with Crippen molar-refractivity contribution in [2.24, 2.45) is 0 Å². The second-order valence-electron chi connectivity index (χ2n) is 5.97. The maximum Gasteiger partial charge on any atom is 0.345 e. The van der Waals surface area contributed by atoms with E-state index in [1.807, 2.05) is 6.07 Å². The molecule has 0 unspecified atom stereocenters. The van der Waals surface area contributed by atoms with Crippen LogP contribution in [0.4, 0.5) is 0 Å². The molecule has 1 aromatic heterocycles. The van der Waals surface area contributed by atoms with E-state index in [0.717, 1.165) is 0 Å². The lowest BCUT2D eigenvalue weighted by molar-refractivity contribution is 0.0731. The van der Waals surface area contributed by atoms with Gasteiger partial charge in [0.05, 0.1) is 16.0 Å². The van der Waals surface area contributed by atoms with Gasteiger partial charge in [0.1, 0.15) is 5.58 Å². The van der Waals surface area contributed by atoms with Crippen molar-refractivity contribution in [2.45, 2.75) is 0 Å². The number of esters is 1. The third kappa shape index (κ3) is 3.40. The standard InChI is InChI=1S/C22H12Cl2O4/c23-14-10-11-15(17(24)12-14)22(26)28-21-19(25)16-8-4-5-9-18(16)27-20(21)13-6-2-1-3-7-13/h1-12H. The largest absolute Gasteiger partial charge is 0.452 e. The zero-order chi connectivity index (χ0) is 19.7. The number of fused-ring (bicyclic) bond motifs is 1. The van der Waals surface area contributed by atoms with Gasteiger partial charge in [-0.25, -0.2) is 4.79 Å². The summed E-state index contributed by atoms with van der Waals surface area (Å²) in [5.41, 5.74) is 0.655. The Labute approximate surface area is 169 Å². The van der Waals surface area contributed by atoms with Crippen LogP contribution < -0.4 is 10.2 Å². The van der Waals surface area contributed by atoms with Crippen LogP contribution in [0.3, 0.4) is 0 Å². The summed E-state index contributed by atoms with van der Waals surface area (Å²) in [4.78, 5) is 25.7. The fourth-order valence-electron chi connectivity index (χ4n) is 2.80. The number of hydrogen-bond donors (Lipinski definition) is 0. The van der Waals surface area contributed by atoms with Gasteiger partial charge in [0.2, 0.25) is 11.2 Å². The van der Waals surface area contributed by atoms with E-state index in [-0.39, 0.29) is 22.1 Å².